The summed E-state index contributed by atoms with van der Waals surface area (Å²) < 4.78 is 10.3. The van der Waals surface area contributed by atoms with Gasteiger partial charge in [-0.25, -0.2) is 14.6 Å². The third kappa shape index (κ3) is 4.84. The number of esters is 1. The molecule has 1 saturated heterocycles. The molecule has 1 fully saturated rings. The molecular weight excluding hydrogens is 310 g/mol. The van der Waals surface area contributed by atoms with Gasteiger partial charge >= 0.3 is 12.1 Å². The summed E-state index contributed by atoms with van der Waals surface area (Å²) in [5, 5.41) is 0. The van der Waals surface area contributed by atoms with Crippen LogP contribution in [0, 0.1) is 0 Å². The Morgan fingerprint density at radius 1 is 1.17 bits per heavy atom. The monoisotopic (exact) mass is 335 g/mol. The van der Waals surface area contributed by atoms with Crippen LogP contribution in [-0.4, -0.2) is 60.3 Å². The van der Waals surface area contributed by atoms with Gasteiger partial charge in [0.05, 0.1) is 12.2 Å². The number of piperazine rings is 1. The zero-order valence-electron chi connectivity index (χ0n) is 14.7. The molecule has 0 spiro atoms. The summed E-state index contributed by atoms with van der Waals surface area (Å²) in [5.74, 6) is 0.415. The maximum atomic E-state index is 12.1. The van der Waals surface area contributed by atoms with Gasteiger partial charge in [0, 0.05) is 32.4 Å². The number of rotatable bonds is 3. The van der Waals surface area contributed by atoms with Crippen molar-refractivity contribution in [2.45, 2.75) is 33.3 Å². The molecule has 0 N–H and O–H groups in total. The van der Waals surface area contributed by atoms with Gasteiger partial charge in [-0.05, 0) is 39.8 Å². The summed E-state index contributed by atoms with van der Waals surface area (Å²) in [7, 11) is 0. The van der Waals surface area contributed by atoms with Crippen molar-refractivity contribution in [3.63, 3.8) is 0 Å². The first kappa shape index (κ1) is 18.0. The van der Waals surface area contributed by atoms with E-state index in [4.69, 9.17) is 9.47 Å². The lowest BCUT2D eigenvalue weighted by atomic mass is 10.2. The summed E-state index contributed by atoms with van der Waals surface area (Å²) in [6, 6.07) is 3.51. The van der Waals surface area contributed by atoms with E-state index < -0.39 is 5.60 Å². The fourth-order valence-corrected chi connectivity index (χ4v) is 2.35. The lowest BCUT2D eigenvalue weighted by Gasteiger charge is -2.36. The van der Waals surface area contributed by atoms with Crippen molar-refractivity contribution in [3.05, 3.63) is 23.9 Å². The molecule has 0 atom stereocenters. The van der Waals surface area contributed by atoms with Crippen molar-refractivity contribution in [1.29, 1.82) is 0 Å². The SMILES string of the molecule is CCOC(=O)c1ccc(N2CCN(C(=O)OC(C)(C)C)CC2)nc1. The van der Waals surface area contributed by atoms with Gasteiger partial charge in [-0.1, -0.05) is 0 Å². The molecule has 0 saturated carbocycles. The highest BCUT2D eigenvalue weighted by atomic mass is 16.6. The van der Waals surface area contributed by atoms with E-state index >= 15 is 0 Å². The highest BCUT2D eigenvalue weighted by Crippen LogP contribution is 2.16. The number of aromatic nitrogens is 1. The number of amides is 1. The minimum atomic E-state index is -0.487. The van der Waals surface area contributed by atoms with Crippen LogP contribution in [0.2, 0.25) is 0 Å². The Morgan fingerprint density at radius 2 is 1.83 bits per heavy atom. The van der Waals surface area contributed by atoms with Crippen LogP contribution in [0.1, 0.15) is 38.1 Å². The lowest BCUT2D eigenvalue weighted by Crippen LogP contribution is -2.50. The van der Waals surface area contributed by atoms with Crippen LogP contribution < -0.4 is 4.90 Å². The van der Waals surface area contributed by atoms with Gasteiger partial charge in [0.15, 0.2) is 0 Å². The van der Waals surface area contributed by atoms with Gasteiger partial charge in [0.1, 0.15) is 11.4 Å². The lowest BCUT2D eigenvalue weighted by molar-refractivity contribution is 0.0240. The average Bonchev–Trinajstić information content (AvgIpc) is 2.54. The maximum Gasteiger partial charge on any atom is 0.410 e. The van der Waals surface area contributed by atoms with E-state index in [0.29, 0.717) is 38.3 Å². The minimum Gasteiger partial charge on any atom is -0.462 e. The van der Waals surface area contributed by atoms with Gasteiger partial charge < -0.3 is 19.3 Å². The number of carbonyl (C=O) groups excluding carboxylic acids is 2. The average molecular weight is 335 g/mol. The largest absolute Gasteiger partial charge is 0.462 e. The third-order valence-electron chi connectivity index (χ3n) is 3.51. The molecule has 1 aliphatic heterocycles. The first-order chi connectivity index (χ1) is 11.3. The second-order valence-electron chi connectivity index (χ2n) is 6.58. The normalized spacial score (nSPS) is 15.2. The summed E-state index contributed by atoms with van der Waals surface area (Å²) >= 11 is 0. The Bertz CT molecular complexity index is 572. The predicted octanol–water partition coefficient (Wildman–Crippen LogP) is 2.32. The molecule has 1 aromatic heterocycles. The second kappa shape index (κ2) is 7.51. The Balaban J connectivity index is 1.90. The molecule has 1 aromatic rings. The van der Waals surface area contributed by atoms with E-state index in [1.165, 1.54) is 6.20 Å². The van der Waals surface area contributed by atoms with Crippen molar-refractivity contribution < 1.29 is 19.1 Å². The van der Waals surface area contributed by atoms with E-state index in [2.05, 4.69) is 9.88 Å². The van der Waals surface area contributed by atoms with Crippen LogP contribution >= 0.6 is 0 Å². The first-order valence-corrected chi connectivity index (χ1v) is 8.16. The molecule has 24 heavy (non-hydrogen) atoms. The molecule has 0 aliphatic carbocycles. The fraction of sp³-hybridized carbons (Fsp3) is 0.588. The third-order valence-corrected chi connectivity index (χ3v) is 3.51. The van der Waals surface area contributed by atoms with Gasteiger partial charge in [0.25, 0.3) is 0 Å². The summed E-state index contributed by atoms with van der Waals surface area (Å²) in [6.07, 6.45) is 1.24. The van der Waals surface area contributed by atoms with Gasteiger partial charge in [0.2, 0.25) is 0 Å². The molecule has 7 heteroatoms. The molecule has 0 bridgehead atoms. The molecule has 0 aromatic carbocycles. The summed E-state index contributed by atoms with van der Waals surface area (Å²) in [6.45, 7) is 10.2. The molecule has 132 valence electrons. The smallest absolute Gasteiger partial charge is 0.410 e. The van der Waals surface area contributed by atoms with Crippen molar-refractivity contribution in [3.8, 4) is 0 Å². The molecule has 2 heterocycles. The zero-order chi connectivity index (χ0) is 17.7. The van der Waals surface area contributed by atoms with Crippen LogP contribution in [-0.2, 0) is 9.47 Å². The van der Waals surface area contributed by atoms with Crippen molar-refractivity contribution in [2.24, 2.45) is 0 Å². The minimum absolute atomic E-state index is 0.284. The predicted molar refractivity (Wildman–Crippen MR) is 90.2 cm³/mol. The van der Waals surface area contributed by atoms with Crippen LogP contribution in [0.3, 0.4) is 0 Å². The van der Waals surface area contributed by atoms with Crippen molar-refractivity contribution in [2.75, 3.05) is 37.7 Å². The van der Waals surface area contributed by atoms with Gasteiger partial charge in [-0.15, -0.1) is 0 Å². The molecule has 0 radical (unpaired) electrons. The molecule has 7 nitrogen and oxygen atoms in total. The molecule has 1 aliphatic rings. The topological polar surface area (TPSA) is 72.0 Å². The van der Waals surface area contributed by atoms with E-state index in [0.717, 1.165) is 5.82 Å². The maximum absolute atomic E-state index is 12.1. The van der Waals surface area contributed by atoms with Crippen LogP contribution in [0.15, 0.2) is 18.3 Å². The molecule has 2 rings (SSSR count). The quantitative estimate of drug-likeness (QED) is 0.790. The van der Waals surface area contributed by atoms with Gasteiger partial charge in [-0.2, -0.15) is 0 Å². The van der Waals surface area contributed by atoms with E-state index in [1.807, 2.05) is 20.8 Å². The number of ether oxygens (including phenoxy) is 2. The Labute approximate surface area is 142 Å². The molecular formula is C17H25N3O4. The fourth-order valence-electron chi connectivity index (χ4n) is 2.35. The highest BCUT2D eigenvalue weighted by Gasteiger charge is 2.26. The molecule has 1 amide bonds. The van der Waals surface area contributed by atoms with Crippen LogP contribution in [0.5, 0.6) is 0 Å². The second-order valence-corrected chi connectivity index (χ2v) is 6.58. The number of carbonyl (C=O) groups is 2. The van der Waals surface area contributed by atoms with E-state index in [1.54, 1.807) is 24.0 Å². The number of hydrogen-bond acceptors (Lipinski definition) is 6. The first-order valence-electron chi connectivity index (χ1n) is 8.16. The van der Waals surface area contributed by atoms with Gasteiger partial charge in [-0.3, -0.25) is 0 Å². The number of nitrogens with zero attached hydrogens (tertiary/aromatic N) is 3. The highest BCUT2D eigenvalue weighted by molar-refractivity contribution is 5.89. The van der Waals surface area contributed by atoms with E-state index in [9.17, 15) is 9.59 Å². The Kier molecular flexibility index (Phi) is 5.64. The Morgan fingerprint density at radius 3 is 2.33 bits per heavy atom. The summed E-state index contributed by atoms with van der Waals surface area (Å²) in [5.41, 5.74) is -0.0494. The summed E-state index contributed by atoms with van der Waals surface area (Å²) in [4.78, 5) is 31.8. The number of anilines is 1. The number of hydrogen-bond donors (Lipinski definition) is 0. The number of pyridine rings is 1. The standard InChI is InChI=1S/C17H25N3O4/c1-5-23-15(21)13-6-7-14(18-12-13)19-8-10-20(11-9-19)16(22)24-17(2,3)4/h6-7,12H,5,8-11H2,1-4H3. The van der Waals surface area contributed by atoms with Crippen LogP contribution in [0.4, 0.5) is 10.6 Å². The van der Waals surface area contributed by atoms with Crippen molar-refractivity contribution >= 4 is 17.9 Å². The van der Waals surface area contributed by atoms with E-state index in [-0.39, 0.29) is 12.1 Å². The van der Waals surface area contributed by atoms with Crippen molar-refractivity contribution in [1.82, 2.24) is 9.88 Å². The molecule has 0 unspecified atom stereocenters. The zero-order valence-corrected chi connectivity index (χ0v) is 14.7. The Hall–Kier alpha value is -2.31. The van der Waals surface area contributed by atoms with Crippen LogP contribution in [0.25, 0.3) is 0 Å².